The van der Waals surface area contributed by atoms with Gasteiger partial charge in [-0.25, -0.2) is 0 Å². The van der Waals surface area contributed by atoms with Gasteiger partial charge in [-0.2, -0.15) is 0 Å². The van der Waals surface area contributed by atoms with Crippen LogP contribution in [0.2, 0.25) is 0 Å². The fourth-order valence-corrected chi connectivity index (χ4v) is 2.49. The average molecular weight is 230 g/mol. The van der Waals surface area contributed by atoms with E-state index in [4.69, 9.17) is 0 Å². The molecule has 0 radical (unpaired) electrons. The molecule has 0 aliphatic heterocycles. The van der Waals surface area contributed by atoms with Crippen molar-refractivity contribution in [3.8, 4) is 0 Å². The van der Waals surface area contributed by atoms with E-state index < -0.39 is 0 Å². The molecule has 0 nitrogen and oxygen atoms in total. The summed E-state index contributed by atoms with van der Waals surface area (Å²) in [6, 6.07) is 4.54. The molecule has 0 atom stereocenters. The average Bonchev–Trinajstić information content (AvgIpc) is 2.34. The maximum absolute atomic E-state index is 3.92. The lowest BCUT2D eigenvalue weighted by Gasteiger charge is -2.16. The zero-order valence-electron chi connectivity index (χ0n) is 11.8. The van der Waals surface area contributed by atoms with Gasteiger partial charge in [0.1, 0.15) is 0 Å². The summed E-state index contributed by atoms with van der Waals surface area (Å²) < 4.78 is 0. The summed E-state index contributed by atoms with van der Waals surface area (Å²) in [5.74, 6) is 0.781. The Kier molecular flexibility index (Phi) is 5.47. The molecule has 0 aromatic heterocycles. The van der Waals surface area contributed by atoms with Gasteiger partial charge >= 0.3 is 0 Å². The number of rotatable bonds is 6. The maximum atomic E-state index is 3.92. The second-order valence-electron chi connectivity index (χ2n) is 5.11. The van der Waals surface area contributed by atoms with Crippen LogP contribution in [0.25, 0.3) is 6.08 Å². The van der Waals surface area contributed by atoms with E-state index in [2.05, 4.69) is 46.4 Å². The Hall–Kier alpha value is -1.04. The van der Waals surface area contributed by atoms with E-state index in [0.29, 0.717) is 0 Å². The fraction of sp³-hybridized carbons (Fsp3) is 0.529. The number of hydrogen-bond donors (Lipinski definition) is 0. The third kappa shape index (κ3) is 3.46. The molecule has 0 N–H and O–H groups in total. The highest BCUT2D eigenvalue weighted by Crippen LogP contribution is 2.24. The third-order valence-electron chi connectivity index (χ3n) is 3.48. The van der Waals surface area contributed by atoms with Crippen LogP contribution in [0.4, 0.5) is 0 Å². The lowest BCUT2D eigenvalue weighted by Crippen LogP contribution is -2.02. The minimum Gasteiger partial charge on any atom is -0.0985 e. The molecule has 0 bridgehead atoms. The molecule has 0 heterocycles. The van der Waals surface area contributed by atoms with Crippen LogP contribution in [0.15, 0.2) is 18.7 Å². The molecule has 0 saturated heterocycles. The molecule has 0 spiro atoms. The summed E-state index contributed by atoms with van der Waals surface area (Å²) in [6.45, 7) is 13.0. The van der Waals surface area contributed by atoms with Gasteiger partial charge in [-0.3, -0.25) is 0 Å². The molecule has 17 heavy (non-hydrogen) atoms. The number of aryl methyl sites for hydroxylation is 1. The summed E-state index contributed by atoms with van der Waals surface area (Å²) in [4.78, 5) is 0. The highest BCUT2D eigenvalue weighted by atomic mass is 14.1. The number of hydrogen-bond acceptors (Lipinski definition) is 0. The summed E-state index contributed by atoms with van der Waals surface area (Å²) >= 11 is 0. The van der Waals surface area contributed by atoms with Crippen molar-refractivity contribution in [2.45, 2.75) is 53.4 Å². The summed E-state index contributed by atoms with van der Waals surface area (Å²) in [5.41, 5.74) is 5.93. The molecule has 0 unspecified atom stereocenters. The topological polar surface area (TPSA) is 0 Å². The zero-order chi connectivity index (χ0) is 12.8. The van der Waals surface area contributed by atoms with E-state index in [0.717, 1.165) is 18.8 Å². The standard InChI is InChI=1S/C17H26/c1-6-14-11-12-15(10-9-13(4)5)17(8-3)16(14)7-2/h6,11-13H,1,7-10H2,2-5H3. The molecule has 1 aromatic rings. The van der Waals surface area contributed by atoms with Gasteiger partial charge in [0.15, 0.2) is 0 Å². The first-order chi connectivity index (χ1) is 8.13. The van der Waals surface area contributed by atoms with E-state index >= 15 is 0 Å². The Morgan fingerprint density at radius 2 is 1.76 bits per heavy atom. The molecule has 94 valence electrons. The van der Waals surface area contributed by atoms with Gasteiger partial charge in [0.25, 0.3) is 0 Å². The van der Waals surface area contributed by atoms with Crippen LogP contribution in [0.3, 0.4) is 0 Å². The first kappa shape index (κ1) is 14.0. The van der Waals surface area contributed by atoms with Gasteiger partial charge in [-0.1, -0.05) is 52.5 Å². The van der Waals surface area contributed by atoms with Crippen LogP contribution >= 0.6 is 0 Å². The third-order valence-corrected chi connectivity index (χ3v) is 3.48. The van der Waals surface area contributed by atoms with Gasteiger partial charge < -0.3 is 0 Å². The Balaban J connectivity index is 3.09. The van der Waals surface area contributed by atoms with E-state index in [1.807, 2.05) is 6.08 Å². The SMILES string of the molecule is C=Cc1ccc(CCC(C)C)c(CC)c1CC. The molecule has 0 aliphatic carbocycles. The van der Waals surface area contributed by atoms with E-state index in [1.165, 1.54) is 24.0 Å². The second kappa shape index (κ2) is 6.64. The summed E-state index contributed by atoms with van der Waals surface area (Å²) in [5, 5.41) is 0. The van der Waals surface area contributed by atoms with Crippen LogP contribution in [0.1, 0.15) is 56.4 Å². The smallest absolute Gasteiger partial charge is 0.0228 e. The maximum Gasteiger partial charge on any atom is -0.0228 e. The molecule has 1 rings (SSSR count). The highest BCUT2D eigenvalue weighted by molar-refractivity contribution is 5.56. The van der Waals surface area contributed by atoms with Crippen molar-refractivity contribution < 1.29 is 0 Å². The van der Waals surface area contributed by atoms with Gasteiger partial charge in [-0.15, -0.1) is 0 Å². The Morgan fingerprint density at radius 3 is 2.24 bits per heavy atom. The van der Waals surface area contributed by atoms with E-state index in [-0.39, 0.29) is 0 Å². The van der Waals surface area contributed by atoms with Crippen LogP contribution < -0.4 is 0 Å². The van der Waals surface area contributed by atoms with Crippen molar-refractivity contribution in [2.75, 3.05) is 0 Å². The molecule has 0 heteroatoms. The van der Waals surface area contributed by atoms with Crippen molar-refractivity contribution in [2.24, 2.45) is 5.92 Å². The molecule has 0 saturated carbocycles. The number of benzene rings is 1. The lowest BCUT2D eigenvalue weighted by molar-refractivity contribution is 0.584. The van der Waals surface area contributed by atoms with Crippen molar-refractivity contribution in [3.63, 3.8) is 0 Å². The van der Waals surface area contributed by atoms with E-state index in [1.54, 1.807) is 11.1 Å². The molecule has 0 fully saturated rings. The second-order valence-corrected chi connectivity index (χ2v) is 5.11. The van der Waals surface area contributed by atoms with Crippen molar-refractivity contribution >= 4 is 6.08 Å². The van der Waals surface area contributed by atoms with Crippen molar-refractivity contribution in [3.05, 3.63) is 41.0 Å². The largest absolute Gasteiger partial charge is 0.0985 e. The highest BCUT2D eigenvalue weighted by Gasteiger charge is 2.09. The van der Waals surface area contributed by atoms with Crippen LogP contribution in [0.5, 0.6) is 0 Å². The van der Waals surface area contributed by atoms with Crippen LogP contribution in [-0.2, 0) is 19.3 Å². The molecular formula is C17H26. The Bertz CT molecular complexity index is 372. The first-order valence-electron chi connectivity index (χ1n) is 6.90. The predicted molar refractivity (Wildman–Crippen MR) is 78.4 cm³/mol. The minimum atomic E-state index is 0.781. The first-order valence-corrected chi connectivity index (χ1v) is 6.90. The minimum absolute atomic E-state index is 0.781. The summed E-state index contributed by atoms with van der Waals surface area (Å²) in [6.07, 6.45) is 6.73. The summed E-state index contributed by atoms with van der Waals surface area (Å²) in [7, 11) is 0. The monoisotopic (exact) mass is 230 g/mol. The Morgan fingerprint density at radius 1 is 1.12 bits per heavy atom. The lowest BCUT2D eigenvalue weighted by atomic mass is 9.89. The van der Waals surface area contributed by atoms with E-state index in [9.17, 15) is 0 Å². The normalized spacial score (nSPS) is 10.9. The van der Waals surface area contributed by atoms with Gasteiger partial charge in [0.2, 0.25) is 0 Å². The van der Waals surface area contributed by atoms with Crippen LogP contribution in [0, 0.1) is 5.92 Å². The van der Waals surface area contributed by atoms with Gasteiger partial charge in [0, 0.05) is 0 Å². The predicted octanol–water partition coefficient (Wildman–Crippen LogP) is 5.04. The fourth-order valence-electron chi connectivity index (χ4n) is 2.49. The van der Waals surface area contributed by atoms with Crippen LogP contribution in [-0.4, -0.2) is 0 Å². The molecule has 1 aromatic carbocycles. The molecule has 0 aliphatic rings. The molecule has 0 amide bonds. The Labute approximate surface area is 107 Å². The van der Waals surface area contributed by atoms with Gasteiger partial charge in [-0.05, 0) is 53.9 Å². The van der Waals surface area contributed by atoms with Crippen molar-refractivity contribution in [1.82, 2.24) is 0 Å². The van der Waals surface area contributed by atoms with Gasteiger partial charge in [0.05, 0.1) is 0 Å². The molecular weight excluding hydrogens is 204 g/mol. The van der Waals surface area contributed by atoms with Crippen molar-refractivity contribution in [1.29, 1.82) is 0 Å². The zero-order valence-corrected chi connectivity index (χ0v) is 11.8. The quantitative estimate of drug-likeness (QED) is 0.642.